The Kier molecular flexibility index (Phi) is 5.09. The first kappa shape index (κ1) is 17.8. The molecule has 7 heteroatoms. The Labute approximate surface area is 154 Å². The molecule has 0 bridgehead atoms. The smallest absolute Gasteiger partial charge is 0.337 e. The minimum Gasteiger partial charge on any atom is -0.495 e. The van der Waals surface area contributed by atoms with Crippen LogP contribution >= 0.6 is 11.8 Å². The van der Waals surface area contributed by atoms with Crippen molar-refractivity contribution in [2.24, 2.45) is 0 Å². The Morgan fingerprint density at radius 1 is 1.04 bits per heavy atom. The minimum atomic E-state index is -0.437. The molecule has 0 unspecified atom stereocenters. The topological polar surface area (TPSA) is 72.9 Å². The predicted molar refractivity (Wildman–Crippen MR) is 99.2 cm³/mol. The fraction of sp³-hybridized carbons (Fsp3) is 0.105. The van der Waals surface area contributed by atoms with E-state index in [1.165, 1.54) is 14.2 Å². The number of carbonyl (C=O) groups excluding carboxylic acids is 3. The number of nitrogens with zero attached hydrogens (tertiary/aromatic N) is 1. The Hall–Kier alpha value is -3.06. The van der Waals surface area contributed by atoms with Gasteiger partial charge in [0, 0.05) is 0 Å². The first-order valence-corrected chi connectivity index (χ1v) is 8.46. The van der Waals surface area contributed by atoms with Crippen LogP contribution in [0.1, 0.15) is 15.9 Å². The van der Waals surface area contributed by atoms with Crippen molar-refractivity contribution in [3.63, 3.8) is 0 Å². The number of amides is 2. The summed E-state index contributed by atoms with van der Waals surface area (Å²) in [5.74, 6) is -0.409. The van der Waals surface area contributed by atoms with Crippen molar-refractivity contribution in [1.29, 1.82) is 0 Å². The van der Waals surface area contributed by atoms with Gasteiger partial charge in [-0.1, -0.05) is 24.3 Å². The van der Waals surface area contributed by atoms with E-state index in [0.29, 0.717) is 27.5 Å². The van der Waals surface area contributed by atoms with Gasteiger partial charge in [0.25, 0.3) is 11.1 Å². The van der Waals surface area contributed by atoms with Gasteiger partial charge >= 0.3 is 5.97 Å². The zero-order chi connectivity index (χ0) is 18.7. The van der Waals surface area contributed by atoms with E-state index in [2.05, 4.69) is 4.74 Å². The number of hydrogen-bond acceptors (Lipinski definition) is 6. The molecule has 0 spiro atoms. The Morgan fingerprint density at radius 3 is 2.38 bits per heavy atom. The highest BCUT2D eigenvalue weighted by atomic mass is 32.2. The van der Waals surface area contributed by atoms with E-state index in [4.69, 9.17) is 4.74 Å². The SMILES string of the molecule is COC(=O)c1ccc(C=C2SC(=O)N(c3ccccc3OC)C2=O)cc1. The number of para-hydroxylation sites is 2. The fourth-order valence-electron chi connectivity index (χ4n) is 2.47. The second kappa shape index (κ2) is 7.45. The molecular formula is C19H15NO5S. The highest BCUT2D eigenvalue weighted by Gasteiger charge is 2.37. The lowest BCUT2D eigenvalue weighted by Crippen LogP contribution is -2.28. The highest BCUT2D eigenvalue weighted by molar-refractivity contribution is 8.19. The van der Waals surface area contributed by atoms with Crippen molar-refractivity contribution in [1.82, 2.24) is 0 Å². The number of imide groups is 1. The van der Waals surface area contributed by atoms with Crippen LogP contribution in [0.2, 0.25) is 0 Å². The largest absolute Gasteiger partial charge is 0.495 e. The Bertz CT molecular complexity index is 904. The van der Waals surface area contributed by atoms with Crippen LogP contribution in [0.15, 0.2) is 53.4 Å². The molecule has 0 aromatic heterocycles. The average Bonchev–Trinajstić information content (AvgIpc) is 2.94. The summed E-state index contributed by atoms with van der Waals surface area (Å²) in [5.41, 5.74) is 1.51. The lowest BCUT2D eigenvalue weighted by atomic mass is 10.1. The molecule has 2 amide bonds. The van der Waals surface area contributed by atoms with Gasteiger partial charge in [0.15, 0.2) is 0 Å². The molecule has 0 N–H and O–H groups in total. The number of thioether (sulfide) groups is 1. The maximum Gasteiger partial charge on any atom is 0.337 e. The number of methoxy groups -OCH3 is 2. The van der Waals surface area contributed by atoms with E-state index in [9.17, 15) is 14.4 Å². The molecule has 0 radical (unpaired) electrons. The molecule has 0 atom stereocenters. The summed E-state index contributed by atoms with van der Waals surface area (Å²) in [6, 6.07) is 13.4. The van der Waals surface area contributed by atoms with Crippen LogP contribution < -0.4 is 9.64 Å². The van der Waals surface area contributed by atoms with E-state index in [0.717, 1.165) is 16.7 Å². The van der Waals surface area contributed by atoms with E-state index in [1.54, 1.807) is 54.6 Å². The maximum atomic E-state index is 12.7. The number of esters is 1. The summed E-state index contributed by atoms with van der Waals surface area (Å²) in [6.45, 7) is 0. The normalized spacial score (nSPS) is 15.5. The molecule has 132 valence electrons. The summed E-state index contributed by atoms with van der Waals surface area (Å²) < 4.78 is 9.89. The van der Waals surface area contributed by atoms with Crippen LogP contribution in [0, 0.1) is 0 Å². The second-order valence-corrected chi connectivity index (χ2v) is 6.30. The number of carbonyl (C=O) groups is 3. The van der Waals surface area contributed by atoms with Crippen molar-refractivity contribution in [3.8, 4) is 5.75 Å². The average molecular weight is 369 g/mol. The van der Waals surface area contributed by atoms with Crippen LogP contribution in [0.25, 0.3) is 6.08 Å². The van der Waals surface area contributed by atoms with Crippen molar-refractivity contribution in [2.45, 2.75) is 0 Å². The van der Waals surface area contributed by atoms with Crippen LogP contribution in [0.4, 0.5) is 10.5 Å². The fourth-order valence-corrected chi connectivity index (χ4v) is 3.31. The molecule has 6 nitrogen and oxygen atoms in total. The lowest BCUT2D eigenvalue weighted by molar-refractivity contribution is -0.113. The molecule has 2 aromatic carbocycles. The number of anilines is 1. The first-order valence-electron chi connectivity index (χ1n) is 7.64. The van der Waals surface area contributed by atoms with Crippen LogP contribution in [-0.2, 0) is 9.53 Å². The first-order chi connectivity index (χ1) is 12.5. The van der Waals surface area contributed by atoms with Crippen molar-refractivity contribution in [3.05, 3.63) is 64.6 Å². The standard InChI is InChI=1S/C19H15NO5S/c1-24-15-6-4-3-5-14(15)20-17(21)16(26-19(20)23)11-12-7-9-13(10-8-12)18(22)25-2/h3-11H,1-2H3. The van der Waals surface area contributed by atoms with Crippen LogP contribution in [0.3, 0.4) is 0 Å². The van der Waals surface area contributed by atoms with Gasteiger partial charge in [-0.15, -0.1) is 0 Å². The molecule has 1 heterocycles. The molecule has 0 aliphatic carbocycles. The molecule has 1 fully saturated rings. The Balaban J connectivity index is 1.89. The van der Waals surface area contributed by atoms with Gasteiger partial charge in [-0.25, -0.2) is 9.69 Å². The third kappa shape index (κ3) is 3.34. The number of ether oxygens (including phenoxy) is 2. The highest BCUT2D eigenvalue weighted by Crippen LogP contribution is 2.39. The zero-order valence-corrected chi connectivity index (χ0v) is 14.9. The van der Waals surface area contributed by atoms with E-state index in [-0.39, 0.29) is 0 Å². The summed E-state index contributed by atoms with van der Waals surface area (Å²) in [6.07, 6.45) is 1.61. The van der Waals surface area contributed by atoms with E-state index < -0.39 is 17.1 Å². The molecule has 2 aromatic rings. The number of rotatable bonds is 4. The van der Waals surface area contributed by atoms with Gasteiger partial charge in [0.05, 0.1) is 30.4 Å². The van der Waals surface area contributed by atoms with Gasteiger partial charge in [-0.2, -0.15) is 0 Å². The molecular weight excluding hydrogens is 354 g/mol. The monoisotopic (exact) mass is 369 g/mol. The van der Waals surface area contributed by atoms with Crippen LogP contribution in [-0.4, -0.2) is 31.3 Å². The van der Waals surface area contributed by atoms with Gasteiger partial charge < -0.3 is 9.47 Å². The minimum absolute atomic E-state index is 0.298. The second-order valence-electron chi connectivity index (χ2n) is 5.30. The zero-order valence-electron chi connectivity index (χ0n) is 14.1. The van der Waals surface area contributed by atoms with Crippen molar-refractivity contribution < 1.29 is 23.9 Å². The third-order valence-corrected chi connectivity index (χ3v) is 4.62. The van der Waals surface area contributed by atoms with Gasteiger partial charge in [-0.3, -0.25) is 9.59 Å². The van der Waals surface area contributed by atoms with Gasteiger partial charge in [0.1, 0.15) is 5.75 Å². The molecule has 3 rings (SSSR count). The molecule has 26 heavy (non-hydrogen) atoms. The summed E-state index contributed by atoms with van der Waals surface area (Å²) >= 11 is 0.857. The molecule has 1 aliphatic heterocycles. The van der Waals surface area contributed by atoms with Gasteiger partial charge in [-0.05, 0) is 47.7 Å². The van der Waals surface area contributed by atoms with Gasteiger partial charge in [0.2, 0.25) is 0 Å². The maximum absolute atomic E-state index is 12.7. The van der Waals surface area contributed by atoms with Crippen molar-refractivity contribution >= 4 is 40.6 Å². The van der Waals surface area contributed by atoms with E-state index in [1.807, 2.05) is 0 Å². The summed E-state index contributed by atoms with van der Waals surface area (Å²) in [4.78, 5) is 37.9. The van der Waals surface area contributed by atoms with Crippen LogP contribution in [0.5, 0.6) is 5.75 Å². The molecule has 1 aliphatic rings. The number of benzene rings is 2. The van der Waals surface area contributed by atoms with E-state index >= 15 is 0 Å². The summed E-state index contributed by atoms with van der Waals surface area (Å²) in [7, 11) is 2.79. The number of hydrogen-bond donors (Lipinski definition) is 0. The molecule has 0 saturated carbocycles. The summed E-state index contributed by atoms with van der Waals surface area (Å²) in [5, 5.41) is -0.392. The lowest BCUT2D eigenvalue weighted by Gasteiger charge is -2.15. The van der Waals surface area contributed by atoms with Crippen molar-refractivity contribution in [2.75, 3.05) is 19.1 Å². The Morgan fingerprint density at radius 2 is 1.73 bits per heavy atom. The molecule has 1 saturated heterocycles. The quantitative estimate of drug-likeness (QED) is 0.604. The third-order valence-electron chi connectivity index (χ3n) is 3.75. The predicted octanol–water partition coefficient (Wildman–Crippen LogP) is 3.72.